The molecule has 12 heteroatoms. The maximum Gasteiger partial charge on any atom is 0.273 e. The summed E-state index contributed by atoms with van der Waals surface area (Å²) in [6.07, 6.45) is 4.34. The summed E-state index contributed by atoms with van der Waals surface area (Å²) in [6, 6.07) is 7.58. The second kappa shape index (κ2) is 12.8. The van der Waals surface area contributed by atoms with Crippen LogP contribution < -0.4 is 24.8 Å². The van der Waals surface area contributed by atoms with Crippen LogP contribution in [0.3, 0.4) is 0 Å². The van der Waals surface area contributed by atoms with Gasteiger partial charge in [0.15, 0.2) is 23.1 Å². The van der Waals surface area contributed by atoms with Gasteiger partial charge in [0.2, 0.25) is 0 Å². The van der Waals surface area contributed by atoms with Crippen molar-refractivity contribution in [1.29, 1.82) is 0 Å². The van der Waals surface area contributed by atoms with Gasteiger partial charge in [-0.05, 0) is 26.2 Å². The van der Waals surface area contributed by atoms with Crippen molar-refractivity contribution < 1.29 is 23.4 Å². The molecule has 0 saturated carbocycles. The molecule has 1 aromatic carbocycles. The average Bonchev–Trinajstić information content (AvgIpc) is 3.57. The number of methoxy groups -OCH3 is 1. The number of likely N-dealkylation sites (N-methyl/N-ethyl adjacent to an activating group) is 1. The van der Waals surface area contributed by atoms with Gasteiger partial charge in [-0.2, -0.15) is 0 Å². The smallest absolute Gasteiger partial charge is 0.273 e. The average molecular weight is 550 g/mol. The fourth-order valence-corrected chi connectivity index (χ4v) is 4.50. The molecule has 40 heavy (non-hydrogen) atoms. The normalized spacial score (nSPS) is 12.7. The second-order valence-electron chi connectivity index (χ2n) is 9.68. The maximum absolute atomic E-state index is 12.5. The monoisotopic (exact) mass is 549 g/mol. The lowest BCUT2D eigenvalue weighted by Crippen LogP contribution is -2.24. The zero-order valence-electron chi connectivity index (χ0n) is 23.1. The molecule has 0 bridgehead atoms. The molecule has 3 aromatic heterocycles. The summed E-state index contributed by atoms with van der Waals surface area (Å²) < 4.78 is 24.6. The van der Waals surface area contributed by atoms with Crippen LogP contribution in [-0.2, 0) is 25.9 Å². The number of rotatable bonds is 13. The minimum atomic E-state index is -0.329. The van der Waals surface area contributed by atoms with Crippen LogP contribution in [0.1, 0.15) is 27.9 Å². The van der Waals surface area contributed by atoms with E-state index in [4.69, 9.17) is 23.6 Å². The van der Waals surface area contributed by atoms with Crippen LogP contribution in [0.4, 0.5) is 0 Å². The highest BCUT2D eigenvalue weighted by molar-refractivity contribution is 5.91. The van der Waals surface area contributed by atoms with Crippen LogP contribution in [0.2, 0.25) is 0 Å². The summed E-state index contributed by atoms with van der Waals surface area (Å²) in [5, 5.41) is 6.24. The Balaban J connectivity index is 1.13. The third-order valence-electron chi connectivity index (χ3n) is 6.57. The molecule has 5 rings (SSSR count). The first-order valence-electron chi connectivity index (χ1n) is 13.4. The Kier molecular flexibility index (Phi) is 8.77. The Morgan fingerprint density at radius 1 is 1.12 bits per heavy atom. The van der Waals surface area contributed by atoms with Gasteiger partial charge in [0.25, 0.3) is 5.91 Å². The van der Waals surface area contributed by atoms with Crippen molar-refractivity contribution in [2.45, 2.75) is 25.9 Å². The third kappa shape index (κ3) is 6.52. The number of nitrogens with zero attached hydrogens (tertiary/aromatic N) is 5. The zero-order chi connectivity index (χ0) is 27.9. The van der Waals surface area contributed by atoms with Crippen LogP contribution in [-0.4, -0.2) is 84.4 Å². The predicted molar refractivity (Wildman–Crippen MR) is 148 cm³/mol. The number of oxazole rings is 1. The van der Waals surface area contributed by atoms with E-state index in [0.717, 1.165) is 54.4 Å². The van der Waals surface area contributed by atoms with Gasteiger partial charge in [0, 0.05) is 57.4 Å². The molecule has 0 aliphatic carbocycles. The van der Waals surface area contributed by atoms with Gasteiger partial charge in [0.1, 0.15) is 36.7 Å². The number of carbonyl (C=O) groups excluding carboxylic acids is 1. The number of pyridine rings is 1. The van der Waals surface area contributed by atoms with Gasteiger partial charge < -0.3 is 38.7 Å². The van der Waals surface area contributed by atoms with Gasteiger partial charge in [0.05, 0.1) is 24.7 Å². The highest BCUT2D eigenvalue weighted by atomic mass is 16.6. The molecular weight excluding hydrogens is 514 g/mol. The second-order valence-corrected chi connectivity index (χ2v) is 9.68. The van der Waals surface area contributed by atoms with Crippen molar-refractivity contribution in [2.75, 3.05) is 54.1 Å². The molecule has 1 aliphatic rings. The van der Waals surface area contributed by atoms with Gasteiger partial charge in [-0.15, -0.1) is 0 Å². The maximum atomic E-state index is 12.5. The Hall–Kier alpha value is -4.16. The minimum absolute atomic E-state index is 0.231. The first kappa shape index (κ1) is 27.4. The van der Waals surface area contributed by atoms with Crippen molar-refractivity contribution in [1.82, 2.24) is 35.1 Å². The standard InChI is InChI=1S/C28H35N7O5/c1-34(2)11-12-35-22-16-25-24(38-13-14-39-25)15-19(22)32-26(35)6-9-29-10-7-27-33-21(18-40-27)28(36)31-17-20-23(37-3)5-4-8-30-20/h4-5,8,15-16,18,29H,6-7,9-14,17H2,1-3H3,(H,31,36). The molecule has 12 nitrogen and oxygen atoms in total. The van der Waals surface area contributed by atoms with E-state index < -0.39 is 0 Å². The molecular formula is C28H35N7O5. The molecule has 0 spiro atoms. The van der Waals surface area contributed by atoms with Crippen LogP contribution in [0.5, 0.6) is 17.2 Å². The van der Waals surface area contributed by atoms with Crippen molar-refractivity contribution in [2.24, 2.45) is 0 Å². The molecule has 0 atom stereocenters. The van der Waals surface area contributed by atoms with Crippen molar-refractivity contribution in [3.05, 3.63) is 59.8 Å². The van der Waals surface area contributed by atoms with E-state index in [1.807, 2.05) is 12.1 Å². The number of hydrogen-bond donors (Lipinski definition) is 2. The highest BCUT2D eigenvalue weighted by Gasteiger charge is 2.18. The van der Waals surface area contributed by atoms with Gasteiger partial charge in [-0.25, -0.2) is 9.97 Å². The van der Waals surface area contributed by atoms with Gasteiger partial charge in [-0.1, -0.05) is 0 Å². The molecule has 212 valence electrons. The molecule has 4 heterocycles. The molecule has 4 aromatic rings. The van der Waals surface area contributed by atoms with Crippen molar-refractivity contribution in [3.8, 4) is 17.2 Å². The lowest BCUT2D eigenvalue weighted by Gasteiger charge is -2.18. The number of nitrogens with one attached hydrogen (secondary N) is 2. The number of amides is 1. The van der Waals surface area contributed by atoms with E-state index in [0.29, 0.717) is 43.5 Å². The summed E-state index contributed by atoms with van der Waals surface area (Å²) in [5.41, 5.74) is 2.83. The first-order valence-corrected chi connectivity index (χ1v) is 13.4. The van der Waals surface area contributed by atoms with Crippen LogP contribution >= 0.6 is 0 Å². The molecule has 0 radical (unpaired) electrons. The number of benzene rings is 1. The van der Waals surface area contributed by atoms with Crippen LogP contribution in [0, 0.1) is 0 Å². The Morgan fingerprint density at radius 3 is 2.73 bits per heavy atom. The summed E-state index contributed by atoms with van der Waals surface area (Å²) in [5.74, 6) is 3.30. The van der Waals surface area contributed by atoms with E-state index in [1.165, 1.54) is 6.26 Å². The number of carbonyl (C=O) groups is 1. The summed E-state index contributed by atoms with van der Waals surface area (Å²) in [6.45, 7) is 4.45. The molecule has 2 N–H and O–H groups in total. The fraction of sp³-hybridized carbons (Fsp3) is 0.429. The molecule has 0 unspecified atom stereocenters. The predicted octanol–water partition coefficient (Wildman–Crippen LogP) is 2.07. The fourth-order valence-electron chi connectivity index (χ4n) is 4.50. The first-order chi connectivity index (χ1) is 19.5. The zero-order valence-corrected chi connectivity index (χ0v) is 23.1. The lowest BCUT2D eigenvalue weighted by molar-refractivity contribution is 0.0945. The Morgan fingerprint density at radius 2 is 1.93 bits per heavy atom. The number of fused-ring (bicyclic) bond motifs is 2. The SMILES string of the molecule is COc1cccnc1CNC(=O)c1coc(CCNCCc2nc3cc4c(cc3n2CCN(C)C)OCCO4)n1. The highest BCUT2D eigenvalue weighted by Crippen LogP contribution is 2.34. The topological polar surface area (TPSA) is 129 Å². The number of imidazole rings is 1. The largest absolute Gasteiger partial charge is 0.495 e. The summed E-state index contributed by atoms with van der Waals surface area (Å²) in [4.78, 5) is 28.1. The molecule has 1 aliphatic heterocycles. The third-order valence-corrected chi connectivity index (χ3v) is 6.57. The van der Waals surface area contributed by atoms with Crippen LogP contribution in [0.25, 0.3) is 11.0 Å². The van der Waals surface area contributed by atoms with Gasteiger partial charge in [-0.3, -0.25) is 9.78 Å². The van der Waals surface area contributed by atoms with E-state index >= 15 is 0 Å². The van der Waals surface area contributed by atoms with E-state index in [1.54, 1.807) is 25.4 Å². The van der Waals surface area contributed by atoms with E-state index in [9.17, 15) is 4.79 Å². The van der Waals surface area contributed by atoms with E-state index in [2.05, 4.69) is 44.2 Å². The quantitative estimate of drug-likeness (QED) is 0.239. The molecule has 0 saturated heterocycles. The number of hydrogen-bond acceptors (Lipinski definition) is 10. The van der Waals surface area contributed by atoms with E-state index in [-0.39, 0.29) is 18.1 Å². The molecule has 0 fully saturated rings. The van der Waals surface area contributed by atoms with Crippen molar-refractivity contribution in [3.63, 3.8) is 0 Å². The Bertz CT molecular complexity index is 1450. The summed E-state index contributed by atoms with van der Waals surface area (Å²) in [7, 11) is 5.70. The lowest BCUT2D eigenvalue weighted by atomic mass is 10.2. The Labute approximate surface area is 232 Å². The van der Waals surface area contributed by atoms with Crippen LogP contribution in [0.15, 0.2) is 41.1 Å². The number of aromatic nitrogens is 4. The minimum Gasteiger partial charge on any atom is -0.495 e. The number of ether oxygens (including phenoxy) is 3. The molecule has 1 amide bonds. The summed E-state index contributed by atoms with van der Waals surface area (Å²) >= 11 is 0. The van der Waals surface area contributed by atoms with Crippen molar-refractivity contribution >= 4 is 16.9 Å². The van der Waals surface area contributed by atoms with Gasteiger partial charge >= 0.3 is 0 Å².